The van der Waals surface area contributed by atoms with E-state index in [0.717, 1.165) is 32.2 Å². The number of nitrogens with two attached hydrogens (primary N) is 1. The van der Waals surface area contributed by atoms with Crippen molar-refractivity contribution in [1.82, 2.24) is 4.90 Å². The first kappa shape index (κ1) is 13.5. The summed E-state index contributed by atoms with van der Waals surface area (Å²) in [4.78, 5) is 14.0. The van der Waals surface area contributed by atoms with E-state index >= 15 is 0 Å². The zero-order chi connectivity index (χ0) is 12.1. The van der Waals surface area contributed by atoms with Gasteiger partial charge in [-0.05, 0) is 39.5 Å². The summed E-state index contributed by atoms with van der Waals surface area (Å²) in [6, 6.07) is 0.680. The first-order valence-electron chi connectivity index (χ1n) is 6.19. The summed E-state index contributed by atoms with van der Waals surface area (Å²) in [6.07, 6.45) is 3.76. The molecule has 4 nitrogen and oxygen atoms in total. The number of ether oxygens (including phenoxy) is 1. The highest BCUT2D eigenvalue weighted by Gasteiger charge is 2.28. The van der Waals surface area contributed by atoms with E-state index in [1.54, 1.807) is 14.0 Å². The number of nitrogens with zero attached hydrogens (tertiary/aromatic N) is 1. The van der Waals surface area contributed by atoms with Crippen LogP contribution in [-0.4, -0.2) is 42.6 Å². The fourth-order valence-corrected chi connectivity index (χ4v) is 2.34. The van der Waals surface area contributed by atoms with Crippen molar-refractivity contribution >= 4 is 5.91 Å². The van der Waals surface area contributed by atoms with Crippen molar-refractivity contribution in [3.05, 3.63) is 0 Å². The predicted octanol–water partition coefficient (Wildman–Crippen LogP) is 1.14. The van der Waals surface area contributed by atoms with Crippen LogP contribution in [0, 0.1) is 0 Å². The summed E-state index contributed by atoms with van der Waals surface area (Å²) in [5.41, 5.74) is 5.87. The van der Waals surface area contributed by atoms with Crippen molar-refractivity contribution in [1.29, 1.82) is 0 Å². The molecule has 1 unspecified atom stereocenters. The monoisotopic (exact) mass is 228 g/mol. The van der Waals surface area contributed by atoms with E-state index in [4.69, 9.17) is 10.5 Å². The molecule has 1 aliphatic rings. The van der Waals surface area contributed by atoms with Gasteiger partial charge in [-0.1, -0.05) is 0 Å². The second kappa shape index (κ2) is 6.21. The highest BCUT2D eigenvalue weighted by Crippen LogP contribution is 2.22. The quantitative estimate of drug-likeness (QED) is 0.785. The number of likely N-dealkylation sites (N-methyl/N-ethyl adjacent to an activating group) is 1. The number of carbonyl (C=O) groups excluding carboxylic acids is 1. The topological polar surface area (TPSA) is 55.6 Å². The number of methoxy groups -OCH3 is 1. The van der Waals surface area contributed by atoms with Gasteiger partial charge in [0.25, 0.3) is 5.91 Å². The molecular weight excluding hydrogens is 204 g/mol. The van der Waals surface area contributed by atoms with E-state index in [1.807, 2.05) is 11.8 Å². The normalized spacial score (nSPS) is 27.5. The van der Waals surface area contributed by atoms with Gasteiger partial charge in [0.15, 0.2) is 0 Å². The van der Waals surface area contributed by atoms with E-state index < -0.39 is 0 Å². The Morgan fingerprint density at radius 2 is 2.00 bits per heavy atom. The molecule has 16 heavy (non-hydrogen) atoms. The fourth-order valence-electron chi connectivity index (χ4n) is 2.34. The molecule has 1 aliphatic carbocycles. The minimum Gasteiger partial charge on any atom is -0.372 e. The smallest absolute Gasteiger partial charge is 0.251 e. The van der Waals surface area contributed by atoms with Crippen molar-refractivity contribution < 1.29 is 9.53 Å². The molecule has 0 radical (unpaired) electrons. The summed E-state index contributed by atoms with van der Waals surface area (Å²) < 4.78 is 5.09. The summed E-state index contributed by atoms with van der Waals surface area (Å²) in [5, 5.41) is 0. The van der Waals surface area contributed by atoms with Crippen LogP contribution in [0.2, 0.25) is 0 Å². The Morgan fingerprint density at radius 3 is 2.44 bits per heavy atom. The molecule has 0 aromatic rings. The van der Waals surface area contributed by atoms with Gasteiger partial charge < -0.3 is 15.4 Å². The number of carbonyl (C=O) groups is 1. The maximum atomic E-state index is 12.1. The summed E-state index contributed by atoms with van der Waals surface area (Å²) in [7, 11) is 1.58. The van der Waals surface area contributed by atoms with Crippen molar-refractivity contribution in [2.24, 2.45) is 5.73 Å². The number of amides is 1. The minimum atomic E-state index is -0.337. The minimum absolute atomic E-state index is 0.102. The van der Waals surface area contributed by atoms with E-state index in [2.05, 4.69) is 0 Å². The molecule has 1 rings (SSSR count). The zero-order valence-electron chi connectivity index (χ0n) is 10.6. The maximum Gasteiger partial charge on any atom is 0.251 e. The molecule has 0 heterocycles. The van der Waals surface area contributed by atoms with Crippen LogP contribution < -0.4 is 5.73 Å². The first-order valence-corrected chi connectivity index (χ1v) is 6.19. The van der Waals surface area contributed by atoms with Crippen molar-refractivity contribution in [3.63, 3.8) is 0 Å². The van der Waals surface area contributed by atoms with Crippen LogP contribution in [-0.2, 0) is 9.53 Å². The molecule has 0 spiro atoms. The largest absolute Gasteiger partial charge is 0.372 e. The van der Waals surface area contributed by atoms with Gasteiger partial charge in [-0.25, -0.2) is 0 Å². The lowest BCUT2D eigenvalue weighted by atomic mass is 9.90. The van der Waals surface area contributed by atoms with Crippen LogP contribution in [0.3, 0.4) is 0 Å². The van der Waals surface area contributed by atoms with Crippen molar-refractivity contribution in [2.45, 2.75) is 57.7 Å². The molecule has 1 amide bonds. The lowest BCUT2D eigenvalue weighted by molar-refractivity contribution is -0.143. The first-order chi connectivity index (χ1) is 7.60. The van der Waals surface area contributed by atoms with Gasteiger partial charge >= 0.3 is 0 Å². The third-order valence-electron chi connectivity index (χ3n) is 3.51. The summed E-state index contributed by atoms with van der Waals surface area (Å²) in [5.74, 6) is 0.102. The molecule has 4 heteroatoms. The molecule has 0 aliphatic heterocycles. The second-order valence-corrected chi connectivity index (χ2v) is 4.57. The Kier molecular flexibility index (Phi) is 5.22. The Labute approximate surface area is 98.1 Å². The lowest BCUT2D eigenvalue weighted by Gasteiger charge is -2.36. The lowest BCUT2D eigenvalue weighted by Crippen LogP contribution is -2.47. The zero-order valence-corrected chi connectivity index (χ0v) is 10.6. The Morgan fingerprint density at radius 1 is 1.44 bits per heavy atom. The Bertz CT molecular complexity index is 225. The molecule has 0 saturated heterocycles. The van der Waals surface area contributed by atoms with Gasteiger partial charge in [-0.15, -0.1) is 0 Å². The molecular formula is C12H24N2O2. The van der Waals surface area contributed by atoms with Gasteiger partial charge in [-0.2, -0.15) is 0 Å². The highest BCUT2D eigenvalue weighted by atomic mass is 16.5. The van der Waals surface area contributed by atoms with Gasteiger partial charge in [0.1, 0.15) is 6.10 Å². The van der Waals surface area contributed by atoms with Crippen LogP contribution in [0.25, 0.3) is 0 Å². The number of hydrogen-bond donors (Lipinski definition) is 1. The number of hydrogen-bond acceptors (Lipinski definition) is 3. The number of rotatable bonds is 4. The molecule has 1 fully saturated rings. The summed E-state index contributed by atoms with van der Waals surface area (Å²) in [6.45, 7) is 4.58. The summed E-state index contributed by atoms with van der Waals surface area (Å²) >= 11 is 0. The van der Waals surface area contributed by atoms with E-state index in [-0.39, 0.29) is 12.0 Å². The molecule has 1 saturated carbocycles. The maximum absolute atomic E-state index is 12.1. The van der Waals surface area contributed by atoms with Crippen LogP contribution >= 0.6 is 0 Å². The standard InChI is InChI=1S/C12H24N2O2/c1-4-14(12(15)9(2)16-3)11-7-5-10(13)6-8-11/h9-11H,4-8,13H2,1-3H3. The van der Waals surface area contributed by atoms with E-state index in [0.29, 0.717) is 12.1 Å². The molecule has 1 atom stereocenters. The van der Waals surface area contributed by atoms with Gasteiger partial charge in [-0.3, -0.25) is 4.79 Å². The average Bonchev–Trinajstić information content (AvgIpc) is 2.31. The van der Waals surface area contributed by atoms with Crippen LogP contribution in [0.1, 0.15) is 39.5 Å². The average molecular weight is 228 g/mol. The third-order valence-corrected chi connectivity index (χ3v) is 3.51. The highest BCUT2D eigenvalue weighted by molar-refractivity contribution is 5.80. The molecule has 0 aromatic heterocycles. The van der Waals surface area contributed by atoms with Crippen LogP contribution in [0.5, 0.6) is 0 Å². The fraction of sp³-hybridized carbons (Fsp3) is 0.917. The van der Waals surface area contributed by atoms with Gasteiger partial charge in [0, 0.05) is 25.7 Å². The van der Waals surface area contributed by atoms with Crippen LogP contribution in [0.15, 0.2) is 0 Å². The molecule has 0 bridgehead atoms. The second-order valence-electron chi connectivity index (χ2n) is 4.57. The van der Waals surface area contributed by atoms with Crippen molar-refractivity contribution in [3.8, 4) is 0 Å². The van der Waals surface area contributed by atoms with E-state index in [1.165, 1.54) is 0 Å². The third kappa shape index (κ3) is 3.19. The van der Waals surface area contributed by atoms with E-state index in [9.17, 15) is 4.79 Å². The molecule has 0 aromatic carbocycles. The van der Waals surface area contributed by atoms with Gasteiger partial charge in [0.05, 0.1) is 0 Å². The predicted molar refractivity (Wildman–Crippen MR) is 64.1 cm³/mol. The molecule has 2 N–H and O–H groups in total. The Hall–Kier alpha value is -0.610. The van der Waals surface area contributed by atoms with Crippen LogP contribution in [0.4, 0.5) is 0 Å². The molecule has 94 valence electrons. The van der Waals surface area contributed by atoms with Gasteiger partial charge in [0.2, 0.25) is 0 Å². The van der Waals surface area contributed by atoms with Crippen molar-refractivity contribution in [2.75, 3.05) is 13.7 Å². The Balaban J connectivity index is 2.56. The SMILES string of the molecule is CCN(C(=O)C(C)OC)C1CCC(N)CC1.